The molecule has 1 aromatic heterocycles. The molecule has 23 heavy (non-hydrogen) atoms. The summed E-state index contributed by atoms with van der Waals surface area (Å²) in [5.74, 6) is -2.38. The molecule has 0 aliphatic carbocycles. The van der Waals surface area contributed by atoms with Gasteiger partial charge in [-0.05, 0) is 26.0 Å². The van der Waals surface area contributed by atoms with E-state index < -0.39 is 23.8 Å². The van der Waals surface area contributed by atoms with Crippen LogP contribution in [0, 0.1) is 19.7 Å². The van der Waals surface area contributed by atoms with Crippen molar-refractivity contribution in [3.05, 3.63) is 41.4 Å². The number of ether oxygens (including phenoxy) is 1. The zero-order chi connectivity index (χ0) is 17.1. The molecule has 8 heteroatoms. The second kappa shape index (κ2) is 6.47. The highest BCUT2D eigenvalue weighted by atomic mass is 19.1. The van der Waals surface area contributed by atoms with E-state index in [-0.39, 0.29) is 17.2 Å². The Bertz CT molecular complexity index is 756. The van der Waals surface area contributed by atoms with Crippen LogP contribution in [0.3, 0.4) is 0 Å². The van der Waals surface area contributed by atoms with E-state index in [2.05, 4.69) is 10.3 Å². The molecule has 2 N–H and O–H groups in total. The van der Waals surface area contributed by atoms with Crippen LogP contribution in [0.15, 0.2) is 22.6 Å². The number of aromatic nitrogens is 1. The number of anilines is 1. The minimum absolute atomic E-state index is 0.0442. The van der Waals surface area contributed by atoms with Crippen LogP contribution in [0.4, 0.5) is 10.1 Å². The van der Waals surface area contributed by atoms with Crippen LogP contribution in [0.25, 0.3) is 0 Å². The maximum atomic E-state index is 13.9. The number of oxazole rings is 1. The summed E-state index contributed by atoms with van der Waals surface area (Å²) in [6, 6.07) is 3.66. The lowest BCUT2D eigenvalue weighted by atomic mass is 10.2. The van der Waals surface area contributed by atoms with Gasteiger partial charge in [-0.25, -0.2) is 14.2 Å². The van der Waals surface area contributed by atoms with Crippen LogP contribution in [-0.2, 0) is 4.79 Å². The fourth-order valence-corrected chi connectivity index (χ4v) is 1.84. The van der Waals surface area contributed by atoms with Crippen LogP contribution in [0.2, 0.25) is 0 Å². The first-order valence-electron chi connectivity index (χ1n) is 6.72. The number of aliphatic carboxylic acids is 1. The number of carbonyl (C=O) groups excluding carboxylic acids is 1. The lowest BCUT2D eigenvalue weighted by Gasteiger charge is -2.12. The molecule has 1 unspecified atom stereocenters. The zero-order valence-corrected chi connectivity index (χ0v) is 12.7. The number of aryl methyl sites for hydroxylation is 2. The fraction of sp³-hybridized carbons (Fsp3) is 0.267. The molecule has 0 aliphatic heterocycles. The lowest BCUT2D eigenvalue weighted by molar-refractivity contribution is -0.144. The summed E-state index contributed by atoms with van der Waals surface area (Å²) < 4.78 is 24.0. The van der Waals surface area contributed by atoms with Crippen molar-refractivity contribution >= 4 is 17.6 Å². The number of hydrogen-bond donors (Lipinski definition) is 2. The Hall–Kier alpha value is -2.90. The van der Waals surface area contributed by atoms with Crippen molar-refractivity contribution in [2.75, 3.05) is 5.32 Å². The molecule has 122 valence electrons. The summed E-state index contributed by atoms with van der Waals surface area (Å²) in [6.07, 6.45) is -1.19. The number of rotatable bonds is 5. The molecule has 2 rings (SSSR count). The number of halogens is 1. The van der Waals surface area contributed by atoms with Gasteiger partial charge in [-0.3, -0.25) is 4.79 Å². The van der Waals surface area contributed by atoms with Crippen LogP contribution >= 0.6 is 0 Å². The predicted molar refractivity (Wildman–Crippen MR) is 78.1 cm³/mol. The third kappa shape index (κ3) is 3.85. The lowest BCUT2D eigenvalue weighted by Crippen LogP contribution is -2.23. The summed E-state index contributed by atoms with van der Waals surface area (Å²) in [6.45, 7) is 4.52. The fourth-order valence-electron chi connectivity index (χ4n) is 1.84. The molecule has 2 aromatic rings. The van der Waals surface area contributed by atoms with E-state index >= 15 is 0 Å². The standard InChI is InChI=1S/C15H15FN2O5/c1-7-13(23-9(3)17-7)14(19)18-10-4-5-12(11(16)6-10)22-8(2)15(20)21/h4-6,8H,1-3H3,(H,18,19)(H,20,21). The quantitative estimate of drug-likeness (QED) is 0.877. The average molecular weight is 322 g/mol. The molecule has 7 nitrogen and oxygen atoms in total. The third-order valence-electron chi connectivity index (χ3n) is 2.95. The molecule has 1 amide bonds. The van der Waals surface area contributed by atoms with Gasteiger partial charge < -0.3 is 19.6 Å². The molecular formula is C15H15FN2O5. The molecule has 0 aliphatic rings. The van der Waals surface area contributed by atoms with Crippen LogP contribution in [-0.4, -0.2) is 28.1 Å². The van der Waals surface area contributed by atoms with Crippen molar-refractivity contribution in [1.29, 1.82) is 0 Å². The molecule has 0 fully saturated rings. The van der Waals surface area contributed by atoms with Crippen LogP contribution in [0.5, 0.6) is 5.75 Å². The number of nitrogens with zero attached hydrogens (tertiary/aromatic N) is 1. The van der Waals surface area contributed by atoms with Gasteiger partial charge in [0.05, 0.1) is 5.69 Å². The third-order valence-corrected chi connectivity index (χ3v) is 2.95. The largest absolute Gasteiger partial charge is 0.479 e. The van der Waals surface area contributed by atoms with E-state index in [1.54, 1.807) is 13.8 Å². The van der Waals surface area contributed by atoms with Gasteiger partial charge in [0.1, 0.15) is 0 Å². The first kappa shape index (κ1) is 16.5. The Balaban J connectivity index is 2.13. The van der Waals surface area contributed by atoms with Gasteiger partial charge in [-0.15, -0.1) is 0 Å². The van der Waals surface area contributed by atoms with Gasteiger partial charge in [0.2, 0.25) is 5.76 Å². The average Bonchev–Trinajstić information content (AvgIpc) is 2.80. The van der Waals surface area contributed by atoms with E-state index in [1.165, 1.54) is 19.1 Å². The van der Waals surface area contributed by atoms with E-state index in [0.29, 0.717) is 11.6 Å². The van der Waals surface area contributed by atoms with Gasteiger partial charge in [0, 0.05) is 18.7 Å². The second-order valence-corrected chi connectivity index (χ2v) is 4.85. The molecule has 0 radical (unpaired) electrons. The van der Waals surface area contributed by atoms with Gasteiger partial charge in [0.15, 0.2) is 23.6 Å². The normalized spacial score (nSPS) is 11.8. The van der Waals surface area contributed by atoms with Gasteiger partial charge >= 0.3 is 5.97 Å². The van der Waals surface area contributed by atoms with Crippen molar-refractivity contribution in [3.63, 3.8) is 0 Å². The van der Waals surface area contributed by atoms with Gasteiger partial charge in [0.25, 0.3) is 5.91 Å². The number of amides is 1. The molecular weight excluding hydrogens is 307 g/mol. The van der Waals surface area contributed by atoms with Gasteiger partial charge in [-0.1, -0.05) is 0 Å². The first-order chi connectivity index (χ1) is 10.8. The SMILES string of the molecule is Cc1nc(C)c(C(=O)Nc2ccc(OC(C)C(=O)O)c(F)c2)o1. The number of nitrogens with one attached hydrogen (secondary N) is 1. The zero-order valence-electron chi connectivity index (χ0n) is 12.7. The molecule has 0 saturated carbocycles. The highest BCUT2D eigenvalue weighted by Crippen LogP contribution is 2.23. The van der Waals surface area contributed by atoms with Crippen LogP contribution in [0.1, 0.15) is 29.1 Å². The Kier molecular flexibility index (Phi) is 4.63. The molecule has 1 heterocycles. The summed E-state index contributed by atoms with van der Waals surface area (Å²) >= 11 is 0. The Morgan fingerprint density at radius 2 is 2.09 bits per heavy atom. The van der Waals surface area contributed by atoms with Crippen molar-refractivity contribution in [1.82, 2.24) is 4.98 Å². The van der Waals surface area contributed by atoms with Crippen molar-refractivity contribution < 1.29 is 28.2 Å². The summed E-state index contributed by atoms with van der Waals surface area (Å²) in [5, 5.41) is 11.2. The molecule has 1 atom stereocenters. The minimum Gasteiger partial charge on any atom is -0.479 e. The van der Waals surface area contributed by atoms with Crippen LogP contribution < -0.4 is 10.1 Å². The highest BCUT2D eigenvalue weighted by molar-refractivity contribution is 6.02. The number of benzene rings is 1. The van der Waals surface area contributed by atoms with E-state index in [4.69, 9.17) is 14.3 Å². The van der Waals surface area contributed by atoms with Gasteiger partial charge in [-0.2, -0.15) is 0 Å². The Morgan fingerprint density at radius 1 is 1.39 bits per heavy atom. The van der Waals surface area contributed by atoms with E-state index in [9.17, 15) is 14.0 Å². The predicted octanol–water partition coefficient (Wildman–Crippen LogP) is 2.53. The topological polar surface area (TPSA) is 102 Å². The first-order valence-corrected chi connectivity index (χ1v) is 6.72. The minimum atomic E-state index is -1.21. The molecule has 0 saturated heterocycles. The number of hydrogen-bond acceptors (Lipinski definition) is 5. The van der Waals surface area contributed by atoms with E-state index in [1.807, 2.05) is 0 Å². The number of carboxylic acid groups (broad SMARTS) is 1. The summed E-state index contributed by atoms with van der Waals surface area (Å²) in [5.41, 5.74) is 0.604. The van der Waals surface area contributed by atoms with Crippen molar-refractivity contribution in [2.24, 2.45) is 0 Å². The van der Waals surface area contributed by atoms with Crippen molar-refractivity contribution in [3.8, 4) is 5.75 Å². The molecule has 1 aromatic carbocycles. The number of carboxylic acids is 1. The monoisotopic (exact) mass is 322 g/mol. The van der Waals surface area contributed by atoms with Crippen molar-refractivity contribution in [2.45, 2.75) is 26.9 Å². The summed E-state index contributed by atoms with van der Waals surface area (Å²) in [4.78, 5) is 26.7. The molecule has 0 spiro atoms. The summed E-state index contributed by atoms with van der Waals surface area (Å²) in [7, 11) is 0. The Labute approximate surface area is 131 Å². The maximum absolute atomic E-state index is 13.9. The maximum Gasteiger partial charge on any atom is 0.344 e. The van der Waals surface area contributed by atoms with E-state index in [0.717, 1.165) is 6.07 Å². The smallest absolute Gasteiger partial charge is 0.344 e. The molecule has 0 bridgehead atoms. The second-order valence-electron chi connectivity index (χ2n) is 4.85. The highest BCUT2D eigenvalue weighted by Gasteiger charge is 2.18. The Morgan fingerprint density at radius 3 is 2.61 bits per heavy atom. The number of carbonyl (C=O) groups is 2.